The molecule has 15 heteroatoms. The number of nitrogens with two attached hydrogens (primary N) is 2. The molecule has 2 aromatic rings. The first-order chi connectivity index (χ1) is 20.4. The van der Waals surface area contributed by atoms with Gasteiger partial charge in [0.2, 0.25) is 11.8 Å². The number of ether oxygens (including phenoxy) is 1. The topological polar surface area (TPSA) is 215 Å². The highest BCUT2D eigenvalue weighted by Gasteiger charge is 2.36. The fourth-order valence-corrected chi connectivity index (χ4v) is 4.79. The van der Waals surface area contributed by atoms with E-state index in [1.54, 1.807) is 13.8 Å². The summed E-state index contributed by atoms with van der Waals surface area (Å²) >= 11 is 0. The van der Waals surface area contributed by atoms with Gasteiger partial charge in [-0.3, -0.25) is 29.8 Å². The van der Waals surface area contributed by atoms with Crippen LogP contribution in [0.2, 0.25) is 18.1 Å². The summed E-state index contributed by atoms with van der Waals surface area (Å²) in [7, 11) is -1.95. The Labute approximate surface area is 257 Å². The van der Waals surface area contributed by atoms with E-state index in [2.05, 4.69) is 44.5 Å². The number of anilines is 2. The largest absolute Gasteiger partial charge is 0.491 e. The van der Waals surface area contributed by atoms with E-state index in [1.807, 2.05) is 0 Å². The number of nitrogens with zero attached hydrogens (tertiary/aromatic N) is 2. The molecule has 0 aliphatic rings. The Morgan fingerprint density at radius 3 is 1.93 bits per heavy atom. The van der Waals surface area contributed by atoms with Crippen molar-refractivity contribution in [3.05, 3.63) is 72.8 Å². The molecule has 240 valence electrons. The lowest BCUT2D eigenvalue weighted by Crippen LogP contribution is -2.41. The summed E-state index contributed by atoms with van der Waals surface area (Å²) in [5.74, 6) is -1.51. The molecule has 0 aromatic heterocycles. The van der Waals surface area contributed by atoms with Gasteiger partial charge in [-0.2, -0.15) is 0 Å². The number of carbonyl (C=O) groups is 2. The van der Waals surface area contributed by atoms with Crippen molar-refractivity contribution < 1.29 is 28.6 Å². The molecular weight excluding hydrogens is 588 g/mol. The van der Waals surface area contributed by atoms with E-state index in [9.17, 15) is 29.8 Å². The van der Waals surface area contributed by atoms with E-state index in [-0.39, 0.29) is 64.4 Å². The minimum atomic E-state index is -1.95. The summed E-state index contributed by atoms with van der Waals surface area (Å²) in [6.45, 7) is 15.3. The minimum absolute atomic E-state index is 0.0139. The predicted molar refractivity (Wildman–Crippen MR) is 172 cm³/mol. The highest BCUT2D eigenvalue weighted by molar-refractivity contribution is 6.74. The molecule has 14 nitrogen and oxygen atoms in total. The maximum absolute atomic E-state index is 12.0. The predicted octanol–water partition coefficient (Wildman–Crippen LogP) is 5.35. The molecule has 0 saturated carbocycles. The van der Waals surface area contributed by atoms with Gasteiger partial charge in [-0.25, -0.2) is 0 Å². The van der Waals surface area contributed by atoms with Crippen molar-refractivity contribution in [2.75, 3.05) is 36.9 Å². The normalized spacial score (nSPS) is 12.2. The quantitative estimate of drug-likeness (QED) is 0.0613. The maximum Gasteiger partial charge on any atom is 0.296 e. The lowest BCUT2D eigenvalue weighted by Gasteiger charge is -2.36. The van der Waals surface area contributed by atoms with Crippen molar-refractivity contribution in [2.45, 2.75) is 59.2 Å². The van der Waals surface area contributed by atoms with Crippen LogP contribution in [0, 0.1) is 20.2 Å². The van der Waals surface area contributed by atoms with Crippen LogP contribution in [-0.2, 0) is 4.43 Å². The second kappa shape index (κ2) is 14.8. The first kappa shape index (κ1) is 35.7. The van der Waals surface area contributed by atoms with Gasteiger partial charge in [0.15, 0.2) is 14.0 Å². The Bertz CT molecular complexity index is 1450. The van der Waals surface area contributed by atoms with Crippen LogP contribution in [0.15, 0.2) is 41.5 Å². The molecular formula is C29H42N6O8Si. The molecule has 0 unspecified atom stereocenters. The van der Waals surface area contributed by atoms with Crippen LogP contribution in [0.5, 0.6) is 5.75 Å². The lowest BCUT2D eigenvalue weighted by atomic mass is 10.1. The molecule has 0 aliphatic carbocycles. The minimum Gasteiger partial charge on any atom is -0.491 e. The molecule has 2 aromatic carbocycles. The third-order valence-electron chi connectivity index (χ3n) is 7.66. The van der Waals surface area contributed by atoms with Crippen LogP contribution in [0.3, 0.4) is 0 Å². The fraction of sp³-hybridized carbons (Fsp3) is 0.448. The van der Waals surface area contributed by atoms with Crippen molar-refractivity contribution in [1.29, 1.82) is 0 Å². The number of amides is 2. The monoisotopic (exact) mass is 630 g/mol. The smallest absolute Gasteiger partial charge is 0.296 e. The molecule has 0 saturated heterocycles. The molecule has 6 N–H and O–H groups in total. The third kappa shape index (κ3) is 9.50. The van der Waals surface area contributed by atoms with Crippen molar-refractivity contribution in [2.24, 2.45) is 11.5 Å². The van der Waals surface area contributed by atoms with Gasteiger partial charge in [-0.1, -0.05) is 31.9 Å². The second-order valence-electron chi connectivity index (χ2n) is 11.9. The SMILES string of the molecule is CC(CNc1ccc(C(N)=O)cc1[N+](=O)[O-])=C(C)CNc1c(OCCCO[Si](C)(C)C(C)(C)C)cc(C(N)=O)cc1[N+](=O)[O-]. The standard InChI is InChI=1S/C29H42N6O8Si/c1-18(16-32-22-10-9-20(27(30)36)13-23(22)34(38)39)19(2)17-33-26-24(35(40)41)14-21(28(31)37)15-25(26)42-11-8-12-43-44(6,7)29(3,4)5/h9-10,13-15,32-33H,8,11-12,16-17H2,1-7H3,(H2,30,36)(H2,31,37). The Kier molecular flexibility index (Phi) is 12.0. The van der Waals surface area contributed by atoms with E-state index in [1.165, 1.54) is 18.2 Å². The second-order valence-corrected chi connectivity index (χ2v) is 16.7. The van der Waals surface area contributed by atoms with Crippen molar-refractivity contribution in [3.8, 4) is 5.75 Å². The van der Waals surface area contributed by atoms with E-state index < -0.39 is 30.0 Å². The molecule has 0 radical (unpaired) electrons. The number of hydrogen-bond donors (Lipinski definition) is 4. The van der Waals surface area contributed by atoms with E-state index in [0.29, 0.717) is 13.0 Å². The zero-order valence-electron chi connectivity index (χ0n) is 26.2. The number of hydrogen-bond acceptors (Lipinski definition) is 10. The average Bonchev–Trinajstić information content (AvgIpc) is 2.93. The summed E-state index contributed by atoms with van der Waals surface area (Å²) in [5, 5.41) is 29.5. The molecule has 0 spiro atoms. The Morgan fingerprint density at radius 2 is 1.41 bits per heavy atom. The molecule has 0 heterocycles. The lowest BCUT2D eigenvalue weighted by molar-refractivity contribution is -0.384. The molecule has 44 heavy (non-hydrogen) atoms. The van der Waals surface area contributed by atoms with Crippen LogP contribution in [-0.4, -0.2) is 56.3 Å². The molecule has 0 aliphatic heterocycles. The molecule has 2 rings (SSSR count). The van der Waals surface area contributed by atoms with E-state index >= 15 is 0 Å². The number of primary amides is 2. The Balaban J connectivity index is 2.22. The Hall–Kier alpha value is -4.50. The van der Waals surface area contributed by atoms with Gasteiger partial charge in [0.1, 0.15) is 11.4 Å². The van der Waals surface area contributed by atoms with Gasteiger partial charge in [0, 0.05) is 49.4 Å². The number of nitro benzene ring substituents is 2. The van der Waals surface area contributed by atoms with Crippen LogP contribution in [0.25, 0.3) is 0 Å². The van der Waals surface area contributed by atoms with Crippen molar-refractivity contribution in [1.82, 2.24) is 0 Å². The number of nitrogens with one attached hydrogen (secondary N) is 2. The van der Waals surface area contributed by atoms with Gasteiger partial charge in [-0.15, -0.1) is 0 Å². The van der Waals surface area contributed by atoms with Gasteiger partial charge in [0.25, 0.3) is 11.4 Å². The van der Waals surface area contributed by atoms with Crippen molar-refractivity contribution in [3.63, 3.8) is 0 Å². The zero-order valence-corrected chi connectivity index (χ0v) is 27.2. The fourth-order valence-electron chi connectivity index (χ4n) is 3.70. The number of nitro groups is 2. The van der Waals surface area contributed by atoms with Gasteiger partial charge >= 0.3 is 0 Å². The van der Waals surface area contributed by atoms with Crippen molar-refractivity contribution >= 4 is 42.9 Å². The van der Waals surface area contributed by atoms with Gasteiger partial charge in [0.05, 0.1) is 16.5 Å². The van der Waals surface area contributed by atoms with Crippen LogP contribution in [0.4, 0.5) is 22.7 Å². The van der Waals surface area contributed by atoms with Crippen LogP contribution in [0.1, 0.15) is 61.8 Å². The van der Waals surface area contributed by atoms with Gasteiger partial charge < -0.3 is 31.3 Å². The first-order valence-corrected chi connectivity index (χ1v) is 16.9. The molecule has 0 fully saturated rings. The molecule has 0 bridgehead atoms. The average molecular weight is 631 g/mol. The summed E-state index contributed by atoms with van der Waals surface area (Å²) in [4.78, 5) is 45.6. The first-order valence-electron chi connectivity index (χ1n) is 14.0. The highest BCUT2D eigenvalue weighted by atomic mass is 28.4. The maximum atomic E-state index is 12.0. The summed E-state index contributed by atoms with van der Waals surface area (Å²) in [6, 6.07) is 6.37. The number of carbonyl (C=O) groups excluding carboxylic acids is 2. The highest BCUT2D eigenvalue weighted by Crippen LogP contribution is 2.38. The number of benzene rings is 2. The summed E-state index contributed by atoms with van der Waals surface area (Å²) < 4.78 is 12.1. The van der Waals surface area contributed by atoms with Crippen LogP contribution >= 0.6 is 0 Å². The Morgan fingerprint density at radius 1 is 0.864 bits per heavy atom. The molecule has 2 amide bonds. The van der Waals surface area contributed by atoms with Gasteiger partial charge in [-0.05, 0) is 50.2 Å². The van der Waals surface area contributed by atoms with E-state index in [0.717, 1.165) is 23.3 Å². The number of rotatable bonds is 16. The third-order valence-corrected chi connectivity index (χ3v) is 12.2. The van der Waals surface area contributed by atoms with Crippen LogP contribution < -0.4 is 26.8 Å². The molecule has 0 atom stereocenters. The van der Waals surface area contributed by atoms with E-state index in [4.69, 9.17) is 20.6 Å². The summed E-state index contributed by atoms with van der Waals surface area (Å²) in [5.41, 5.74) is 11.8. The summed E-state index contributed by atoms with van der Waals surface area (Å²) in [6.07, 6.45) is 0.525. The zero-order chi connectivity index (χ0) is 33.4.